The lowest BCUT2D eigenvalue weighted by Crippen LogP contribution is -2.26. The molecule has 1 aromatic carbocycles. The molecule has 5 heteroatoms. The molecule has 0 aliphatic heterocycles. The van der Waals surface area contributed by atoms with E-state index < -0.39 is 0 Å². The maximum atomic E-state index is 12.4. The van der Waals surface area contributed by atoms with E-state index in [1.54, 1.807) is 43.8 Å². The van der Waals surface area contributed by atoms with Gasteiger partial charge in [-0.1, -0.05) is 6.07 Å². The molecular formula is C15H17NO3S. The summed E-state index contributed by atoms with van der Waals surface area (Å²) in [4.78, 5) is 13.5. The Morgan fingerprint density at radius 1 is 1.25 bits per heavy atom. The van der Waals surface area contributed by atoms with Gasteiger partial charge in [0.25, 0.3) is 5.91 Å². The Labute approximate surface area is 122 Å². The van der Waals surface area contributed by atoms with Crippen LogP contribution in [0.1, 0.15) is 28.2 Å². The number of ether oxygens (including phenoxy) is 2. The van der Waals surface area contributed by atoms with Gasteiger partial charge >= 0.3 is 0 Å². The van der Waals surface area contributed by atoms with Gasteiger partial charge in [-0.25, -0.2) is 0 Å². The number of thiophene rings is 1. The monoisotopic (exact) mass is 291 g/mol. The van der Waals surface area contributed by atoms with Gasteiger partial charge in [0.05, 0.1) is 25.8 Å². The normalized spacial score (nSPS) is 11.8. The highest BCUT2D eigenvalue weighted by Crippen LogP contribution is 2.25. The van der Waals surface area contributed by atoms with Crippen LogP contribution in [0.5, 0.6) is 11.5 Å². The summed E-state index contributed by atoms with van der Waals surface area (Å²) >= 11 is 1.62. The van der Waals surface area contributed by atoms with Crippen molar-refractivity contribution >= 4 is 17.2 Å². The highest BCUT2D eigenvalue weighted by molar-refractivity contribution is 7.10. The Bertz CT molecular complexity index is 581. The molecule has 1 N–H and O–H groups in total. The van der Waals surface area contributed by atoms with Crippen LogP contribution in [0.2, 0.25) is 0 Å². The van der Waals surface area contributed by atoms with E-state index in [4.69, 9.17) is 9.47 Å². The van der Waals surface area contributed by atoms with E-state index in [2.05, 4.69) is 5.32 Å². The second-order valence-corrected chi connectivity index (χ2v) is 5.26. The fourth-order valence-electron chi connectivity index (χ4n) is 1.87. The molecule has 0 radical (unpaired) electrons. The van der Waals surface area contributed by atoms with Crippen molar-refractivity contribution in [1.29, 1.82) is 0 Å². The standard InChI is InChI=1S/C15H17NO3S/c1-10(14-5-4-8-20-14)16-15(17)12-9-11(18-2)6-7-13(12)19-3/h4-10H,1-3H3,(H,16,17). The molecule has 0 spiro atoms. The zero-order chi connectivity index (χ0) is 14.5. The third kappa shape index (κ3) is 3.11. The molecule has 0 fully saturated rings. The fraction of sp³-hybridized carbons (Fsp3) is 0.267. The van der Waals surface area contributed by atoms with Crippen LogP contribution in [0.25, 0.3) is 0 Å². The summed E-state index contributed by atoms with van der Waals surface area (Å²) in [6.07, 6.45) is 0. The predicted octanol–water partition coefficient (Wildman–Crippen LogP) is 3.26. The zero-order valence-electron chi connectivity index (χ0n) is 11.7. The van der Waals surface area contributed by atoms with Crippen molar-refractivity contribution in [3.8, 4) is 11.5 Å². The van der Waals surface area contributed by atoms with Crippen molar-refractivity contribution < 1.29 is 14.3 Å². The fourth-order valence-corrected chi connectivity index (χ4v) is 2.61. The number of methoxy groups -OCH3 is 2. The highest BCUT2D eigenvalue weighted by atomic mass is 32.1. The van der Waals surface area contributed by atoms with Crippen molar-refractivity contribution in [2.24, 2.45) is 0 Å². The molecule has 1 unspecified atom stereocenters. The van der Waals surface area contributed by atoms with Crippen LogP contribution < -0.4 is 14.8 Å². The Kier molecular flexibility index (Phi) is 4.63. The van der Waals surface area contributed by atoms with Crippen LogP contribution in [-0.4, -0.2) is 20.1 Å². The second-order valence-electron chi connectivity index (χ2n) is 4.28. The molecular weight excluding hydrogens is 274 g/mol. The largest absolute Gasteiger partial charge is 0.497 e. The minimum absolute atomic E-state index is 0.0431. The molecule has 106 valence electrons. The molecule has 2 rings (SSSR count). The van der Waals surface area contributed by atoms with E-state index in [1.807, 2.05) is 24.4 Å². The Morgan fingerprint density at radius 3 is 2.65 bits per heavy atom. The number of amides is 1. The van der Waals surface area contributed by atoms with Gasteiger partial charge in [-0.15, -0.1) is 11.3 Å². The average molecular weight is 291 g/mol. The molecule has 1 aromatic heterocycles. The van der Waals surface area contributed by atoms with Crippen molar-refractivity contribution in [3.63, 3.8) is 0 Å². The maximum absolute atomic E-state index is 12.4. The van der Waals surface area contributed by atoms with Crippen LogP contribution in [0.3, 0.4) is 0 Å². The van der Waals surface area contributed by atoms with Crippen molar-refractivity contribution in [1.82, 2.24) is 5.32 Å². The van der Waals surface area contributed by atoms with Crippen molar-refractivity contribution in [2.45, 2.75) is 13.0 Å². The third-order valence-corrected chi connectivity index (χ3v) is 4.02. The van der Waals surface area contributed by atoms with Crippen molar-refractivity contribution in [3.05, 3.63) is 46.2 Å². The van der Waals surface area contributed by atoms with Crippen LogP contribution >= 0.6 is 11.3 Å². The van der Waals surface area contributed by atoms with E-state index in [0.717, 1.165) is 4.88 Å². The second kappa shape index (κ2) is 6.43. The molecule has 4 nitrogen and oxygen atoms in total. The van der Waals surface area contributed by atoms with Gasteiger partial charge in [-0.2, -0.15) is 0 Å². The molecule has 0 aliphatic carbocycles. The first-order valence-corrected chi connectivity index (χ1v) is 7.10. The van der Waals surface area contributed by atoms with Gasteiger partial charge in [0, 0.05) is 4.88 Å². The number of hydrogen-bond donors (Lipinski definition) is 1. The summed E-state index contributed by atoms with van der Waals surface area (Å²) in [5.74, 6) is 0.975. The Balaban J connectivity index is 2.20. The van der Waals surface area contributed by atoms with Gasteiger partial charge in [0.2, 0.25) is 0 Å². The lowest BCUT2D eigenvalue weighted by Gasteiger charge is -2.14. The quantitative estimate of drug-likeness (QED) is 0.920. The van der Waals surface area contributed by atoms with E-state index in [0.29, 0.717) is 17.1 Å². The van der Waals surface area contributed by atoms with Gasteiger partial charge in [-0.3, -0.25) is 4.79 Å². The van der Waals surface area contributed by atoms with Crippen LogP contribution in [0.15, 0.2) is 35.7 Å². The Hall–Kier alpha value is -2.01. The summed E-state index contributed by atoms with van der Waals surface area (Å²) in [6, 6.07) is 9.09. The molecule has 0 saturated carbocycles. The topological polar surface area (TPSA) is 47.6 Å². The lowest BCUT2D eigenvalue weighted by molar-refractivity contribution is 0.0937. The molecule has 0 bridgehead atoms. The SMILES string of the molecule is COc1ccc(OC)c(C(=O)NC(C)c2cccs2)c1. The lowest BCUT2D eigenvalue weighted by atomic mass is 10.1. The molecule has 1 atom stereocenters. The van der Waals surface area contributed by atoms with Crippen LogP contribution in [-0.2, 0) is 0 Å². The molecule has 1 amide bonds. The van der Waals surface area contributed by atoms with Crippen LogP contribution in [0, 0.1) is 0 Å². The van der Waals surface area contributed by atoms with E-state index in [1.165, 1.54) is 0 Å². The maximum Gasteiger partial charge on any atom is 0.255 e. The highest BCUT2D eigenvalue weighted by Gasteiger charge is 2.16. The first kappa shape index (κ1) is 14.4. The van der Waals surface area contributed by atoms with Gasteiger partial charge in [-0.05, 0) is 36.6 Å². The van der Waals surface area contributed by atoms with Gasteiger partial charge in [0.15, 0.2) is 0 Å². The average Bonchev–Trinajstić information content (AvgIpc) is 3.00. The summed E-state index contributed by atoms with van der Waals surface area (Å²) in [5, 5.41) is 4.95. The number of carbonyl (C=O) groups excluding carboxylic acids is 1. The van der Waals surface area contributed by atoms with Gasteiger partial charge in [0.1, 0.15) is 11.5 Å². The van der Waals surface area contributed by atoms with E-state index in [-0.39, 0.29) is 11.9 Å². The molecule has 0 aliphatic rings. The molecule has 0 saturated heterocycles. The van der Waals surface area contributed by atoms with Gasteiger partial charge < -0.3 is 14.8 Å². The Morgan fingerprint density at radius 2 is 2.05 bits per heavy atom. The summed E-state index contributed by atoms with van der Waals surface area (Å²) in [7, 11) is 3.11. The molecule has 20 heavy (non-hydrogen) atoms. The number of rotatable bonds is 5. The minimum Gasteiger partial charge on any atom is -0.497 e. The minimum atomic E-state index is -0.179. The summed E-state index contributed by atoms with van der Waals surface area (Å²) in [5.41, 5.74) is 0.468. The molecule has 2 aromatic rings. The predicted molar refractivity (Wildman–Crippen MR) is 79.7 cm³/mol. The number of carbonyl (C=O) groups is 1. The van der Waals surface area contributed by atoms with Crippen molar-refractivity contribution in [2.75, 3.05) is 14.2 Å². The number of benzene rings is 1. The van der Waals surface area contributed by atoms with E-state index >= 15 is 0 Å². The van der Waals surface area contributed by atoms with Crippen LogP contribution in [0.4, 0.5) is 0 Å². The summed E-state index contributed by atoms with van der Waals surface area (Å²) < 4.78 is 10.4. The number of nitrogens with one attached hydrogen (secondary N) is 1. The smallest absolute Gasteiger partial charge is 0.255 e. The number of hydrogen-bond acceptors (Lipinski definition) is 4. The van der Waals surface area contributed by atoms with E-state index in [9.17, 15) is 4.79 Å². The first-order chi connectivity index (χ1) is 9.65. The summed E-state index contributed by atoms with van der Waals surface area (Å²) in [6.45, 7) is 1.95. The zero-order valence-corrected chi connectivity index (χ0v) is 12.5. The first-order valence-electron chi connectivity index (χ1n) is 6.22. The molecule has 1 heterocycles. The third-order valence-electron chi connectivity index (χ3n) is 2.97.